The number of aliphatic hydroxyl groups excluding tert-OH is 1. The van der Waals surface area contributed by atoms with Crippen molar-refractivity contribution in [3.8, 4) is 0 Å². The van der Waals surface area contributed by atoms with Gasteiger partial charge in [-0.25, -0.2) is 4.79 Å². The normalized spacial score (nSPS) is 11.9. The summed E-state index contributed by atoms with van der Waals surface area (Å²) in [4.78, 5) is 20.8. The molecule has 0 fully saturated rings. The fraction of sp³-hybridized carbons (Fsp3) is 0.300. The van der Waals surface area contributed by atoms with Crippen molar-refractivity contribution in [2.24, 2.45) is 0 Å². The lowest BCUT2D eigenvalue weighted by atomic mass is 10.1. The summed E-state index contributed by atoms with van der Waals surface area (Å²) < 4.78 is 4.50. The van der Waals surface area contributed by atoms with Crippen LogP contribution < -0.4 is 0 Å². The third-order valence-electron chi connectivity index (χ3n) is 2.01. The standard InChI is InChI=1S/C10H11NO5/c1-16-10(13)8-4-2-3-7(5-8)9(12)6-11(14)15/h2-5,9,12H,6H2,1H3. The molecule has 1 rings (SSSR count). The van der Waals surface area contributed by atoms with Crippen molar-refractivity contribution >= 4 is 5.97 Å². The zero-order valence-corrected chi connectivity index (χ0v) is 8.62. The first-order valence-electron chi connectivity index (χ1n) is 4.52. The zero-order chi connectivity index (χ0) is 12.1. The van der Waals surface area contributed by atoms with E-state index in [9.17, 15) is 20.0 Å². The lowest BCUT2D eigenvalue weighted by molar-refractivity contribution is -0.491. The third kappa shape index (κ3) is 3.03. The van der Waals surface area contributed by atoms with E-state index >= 15 is 0 Å². The lowest BCUT2D eigenvalue weighted by Gasteiger charge is -2.07. The van der Waals surface area contributed by atoms with E-state index in [1.165, 1.54) is 31.4 Å². The van der Waals surface area contributed by atoms with Gasteiger partial charge < -0.3 is 9.84 Å². The molecule has 0 aromatic heterocycles. The minimum Gasteiger partial charge on any atom is -0.465 e. The third-order valence-corrected chi connectivity index (χ3v) is 2.01. The molecule has 1 atom stereocenters. The van der Waals surface area contributed by atoms with Crippen LogP contribution in [0.4, 0.5) is 0 Å². The molecule has 1 unspecified atom stereocenters. The number of benzene rings is 1. The average molecular weight is 225 g/mol. The number of methoxy groups -OCH3 is 1. The molecule has 1 aromatic rings. The number of esters is 1. The van der Waals surface area contributed by atoms with Crippen LogP contribution in [0, 0.1) is 10.1 Å². The van der Waals surface area contributed by atoms with Crippen molar-refractivity contribution in [2.45, 2.75) is 6.10 Å². The molecule has 0 radical (unpaired) electrons. The molecule has 0 heterocycles. The molecule has 16 heavy (non-hydrogen) atoms. The van der Waals surface area contributed by atoms with Crippen molar-refractivity contribution in [3.63, 3.8) is 0 Å². The predicted molar refractivity (Wildman–Crippen MR) is 54.6 cm³/mol. The second-order valence-electron chi connectivity index (χ2n) is 3.15. The summed E-state index contributed by atoms with van der Waals surface area (Å²) in [5.41, 5.74) is 0.571. The van der Waals surface area contributed by atoms with Gasteiger partial charge in [0.25, 0.3) is 0 Å². The zero-order valence-electron chi connectivity index (χ0n) is 8.62. The van der Waals surface area contributed by atoms with Gasteiger partial charge in [0.2, 0.25) is 6.54 Å². The highest BCUT2D eigenvalue weighted by molar-refractivity contribution is 5.89. The molecule has 0 spiro atoms. The molecular weight excluding hydrogens is 214 g/mol. The van der Waals surface area contributed by atoms with E-state index in [-0.39, 0.29) is 5.56 Å². The summed E-state index contributed by atoms with van der Waals surface area (Å²) in [7, 11) is 1.24. The first-order chi connectivity index (χ1) is 7.54. The minimum atomic E-state index is -1.22. The van der Waals surface area contributed by atoms with E-state index in [1.807, 2.05) is 0 Å². The molecular formula is C10H11NO5. The number of nitrogens with zero attached hydrogens (tertiary/aromatic N) is 1. The van der Waals surface area contributed by atoms with E-state index in [4.69, 9.17) is 0 Å². The lowest BCUT2D eigenvalue weighted by Crippen LogP contribution is -2.12. The quantitative estimate of drug-likeness (QED) is 0.464. The van der Waals surface area contributed by atoms with Gasteiger partial charge in [0.1, 0.15) is 6.10 Å². The summed E-state index contributed by atoms with van der Waals surface area (Å²) in [6.07, 6.45) is -1.22. The Morgan fingerprint density at radius 2 is 2.31 bits per heavy atom. The molecule has 6 heteroatoms. The Balaban J connectivity index is 2.89. The molecule has 0 bridgehead atoms. The van der Waals surface area contributed by atoms with Gasteiger partial charge in [0.05, 0.1) is 12.7 Å². The molecule has 0 saturated heterocycles. The molecule has 0 saturated carbocycles. The number of ether oxygens (including phenoxy) is 1. The second-order valence-corrected chi connectivity index (χ2v) is 3.15. The van der Waals surface area contributed by atoms with Gasteiger partial charge >= 0.3 is 5.97 Å². The Bertz CT molecular complexity index is 404. The van der Waals surface area contributed by atoms with Crippen molar-refractivity contribution in [2.75, 3.05) is 13.7 Å². The van der Waals surface area contributed by atoms with Gasteiger partial charge in [-0.2, -0.15) is 0 Å². The number of carbonyl (C=O) groups is 1. The Morgan fingerprint density at radius 3 is 2.88 bits per heavy atom. The maximum Gasteiger partial charge on any atom is 0.337 e. The van der Waals surface area contributed by atoms with Crippen molar-refractivity contribution in [3.05, 3.63) is 45.5 Å². The van der Waals surface area contributed by atoms with Crippen molar-refractivity contribution in [1.82, 2.24) is 0 Å². The maximum atomic E-state index is 11.2. The van der Waals surface area contributed by atoms with Crippen LogP contribution in [0.2, 0.25) is 0 Å². The van der Waals surface area contributed by atoms with Gasteiger partial charge in [-0.05, 0) is 17.7 Å². The van der Waals surface area contributed by atoms with Gasteiger partial charge in [-0.3, -0.25) is 10.1 Å². The maximum absolute atomic E-state index is 11.2. The second kappa shape index (κ2) is 5.22. The summed E-state index contributed by atoms with van der Waals surface area (Å²) in [5, 5.41) is 19.7. The van der Waals surface area contributed by atoms with Gasteiger partial charge in [-0.15, -0.1) is 0 Å². The highest BCUT2D eigenvalue weighted by Crippen LogP contribution is 2.15. The fourth-order valence-corrected chi connectivity index (χ4v) is 1.24. The van der Waals surface area contributed by atoms with Crippen molar-refractivity contribution < 1.29 is 19.6 Å². The van der Waals surface area contributed by atoms with Gasteiger partial charge in [-0.1, -0.05) is 12.1 Å². The number of hydrogen-bond acceptors (Lipinski definition) is 5. The van der Waals surface area contributed by atoms with E-state index < -0.39 is 23.5 Å². The SMILES string of the molecule is COC(=O)c1cccc(C(O)C[N+](=O)[O-])c1. The van der Waals surface area contributed by atoms with E-state index in [0.29, 0.717) is 5.56 Å². The number of hydrogen-bond donors (Lipinski definition) is 1. The summed E-state index contributed by atoms with van der Waals surface area (Å²) in [5.74, 6) is -0.546. The number of rotatable bonds is 4. The van der Waals surface area contributed by atoms with Gasteiger partial charge in [0, 0.05) is 4.92 Å². The Hall–Kier alpha value is -1.95. The molecule has 86 valence electrons. The molecule has 0 aliphatic heterocycles. The van der Waals surface area contributed by atoms with E-state index in [0.717, 1.165) is 0 Å². The van der Waals surface area contributed by atoms with E-state index in [2.05, 4.69) is 4.74 Å². The number of aliphatic hydroxyl groups is 1. The molecule has 6 nitrogen and oxygen atoms in total. The predicted octanol–water partition coefficient (Wildman–Crippen LogP) is 0.783. The fourth-order valence-electron chi connectivity index (χ4n) is 1.24. The number of carbonyl (C=O) groups excluding carboxylic acids is 1. The highest BCUT2D eigenvalue weighted by atomic mass is 16.6. The average Bonchev–Trinajstić information content (AvgIpc) is 2.27. The van der Waals surface area contributed by atoms with Gasteiger partial charge in [0.15, 0.2) is 0 Å². The van der Waals surface area contributed by atoms with Crippen LogP contribution in [0.25, 0.3) is 0 Å². The Morgan fingerprint density at radius 1 is 1.62 bits per heavy atom. The molecule has 1 aromatic carbocycles. The van der Waals surface area contributed by atoms with Crippen LogP contribution in [0.5, 0.6) is 0 Å². The van der Waals surface area contributed by atoms with Crippen molar-refractivity contribution in [1.29, 1.82) is 0 Å². The summed E-state index contributed by atoms with van der Waals surface area (Å²) >= 11 is 0. The molecule has 0 aliphatic carbocycles. The molecule has 0 amide bonds. The molecule has 1 N–H and O–H groups in total. The van der Waals surface area contributed by atoms with Crippen LogP contribution in [0.1, 0.15) is 22.0 Å². The summed E-state index contributed by atoms with van der Waals surface area (Å²) in [6, 6.07) is 5.93. The van der Waals surface area contributed by atoms with Crippen LogP contribution in [-0.4, -0.2) is 29.7 Å². The van der Waals surface area contributed by atoms with Crippen LogP contribution in [0.3, 0.4) is 0 Å². The van der Waals surface area contributed by atoms with Crippen LogP contribution in [0.15, 0.2) is 24.3 Å². The van der Waals surface area contributed by atoms with E-state index in [1.54, 1.807) is 0 Å². The smallest absolute Gasteiger partial charge is 0.337 e. The first-order valence-corrected chi connectivity index (χ1v) is 4.52. The van der Waals surface area contributed by atoms with Crippen LogP contribution >= 0.6 is 0 Å². The highest BCUT2D eigenvalue weighted by Gasteiger charge is 2.15. The summed E-state index contributed by atoms with van der Waals surface area (Å²) in [6.45, 7) is -0.593. The Labute approximate surface area is 91.6 Å². The molecule has 0 aliphatic rings. The Kier molecular flexibility index (Phi) is 3.96. The largest absolute Gasteiger partial charge is 0.465 e. The first kappa shape index (κ1) is 12.1. The minimum absolute atomic E-state index is 0.252. The number of nitro groups is 1. The monoisotopic (exact) mass is 225 g/mol. The van der Waals surface area contributed by atoms with Crippen LogP contribution in [-0.2, 0) is 4.74 Å². The topological polar surface area (TPSA) is 89.7 Å².